The minimum Gasteiger partial charge on any atom is -0.496 e. The number of rotatable bonds is 3. The number of anilines is 2. The van der Waals surface area contributed by atoms with Crippen molar-refractivity contribution >= 4 is 33.3 Å². The molecule has 1 amide bonds. The number of nitrogens with one attached hydrogen (secondary N) is 1. The molecule has 0 radical (unpaired) electrons. The van der Waals surface area contributed by atoms with Crippen molar-refractivity contribution in [3.05, 3.63) is 46.6 Å². The van der Waals surface area contributed by atoms with Gasteiger partial charge >= 0.3 is 0 Å². The molecule has 5 nitrogen and oxygen atoms in total. The number of amides is 1. The second kappa shape index (κ2) is 5.71. The van der Waals surface area contributed by atoms with Crippen LogP contribution < -0.4 is 15.8 Å². The predicted molar refractivity (Wildman–Crippen MR) is 77.3 cm³/mol. The molecule has 19 heavy (non-hydrogen) atoms. The number of carbonyl (C=O) groups excluding carboxylic acids is 1. The lowest BCUT2D eigenvalue weighted by Crippen LogP contribution is -2.14. The average molecular weight is 322 g/mol. The molecular formula is C13H12BrN3O2. The number of nitrogens with two attached hydrogens (primary N) is 1. The van der Waals surface area contributed by atoms with Crippen LogP contribution in [0.15, 0.2) is 41.0 Å². The van der Waals surface area contributed by atoms with Gasteiger partial charge in [0.15, 0.2) is 5.82 Å². The maximum atomic E-state index is 12.0. The van der Waals surface area contributed by atoms with Gasteiger partial charge in [-0.15, -0.1) is 0 Å². The Morgan fingerprint density at radius 2 is 2.21 bits per heavy atom. The summed E-state index contributed by atoms with van der Waals surface area (Å²) in [5.41, 5.74) is 6.62. The van der Waals surface area contributed by atoms with E-state index in [4.69, 9.17) is 10.5 Å². The Bertz CT molecular complexity index is 617. The van der Waals surface area contributed by atoms with E-state index in [-0.39, 0.29) is 5.91 Å². The highest BCUT2D eigenvalue weighted by Crippen LogP contribution is 2.26. The molecule has 0 aliphatic heterocycles. The van der Waals surface area contributed by atoms with Gasteiger partial charge in [0, 0.05) is 11.8 Å². The summed E-state index contributed by atoms with van der Waals surface area (Å²) >= 11 is 3.33. The van der Waals surface area contributed by atoms with Crippen LogP contribution in [0.5, 0.6) is 5.75 Å². The molecule has 0 fully saturated rings. The van der Waals surface area contributed by atoms with Crippen LogP contribution >= 0.6 is 15.9 Å². The van der Waals surface area contributed by atoms with E-state index in [1.165, 1.54) is 0 Å². The molecule has 0 saturated heterocycles. The van der Waals surface area contributed by atoms with Crippen molar-refractivity contribution < 1.29 is 9.53 Å². The number of halogens is 1. The standard InChI is InChI=1S/C13H12BrN3O2/c1-19-11-5-4-8(7-9(11)14)13(18)17-12-10(15)3-2-6-16-12/h2-7H,15H2,1H3,(H,16,17,18). The SMILES string of the molecule is COc1ccc(C(=O)Nc2ncccc2N)cc1Br. The molecule has 3 N–H and O–H groups in total. The number of hydrogen-bond acceptors (Lipinski definition) is 4. The smallest absolute Gasteiger partial charge is 0.256 e. The number of methoxy groups -OCH3 is 1. The van der Waals surface area contributed by atoms with Crippen molar-refractivity contribution in [3.63, 3.8) is 0 Å². The van der Waals surface area contributed by atoms with Crippen molar-refractivity contribution in [1.29, 1.82) is 0 Å². The van der Waals surface area contributed by atoms with Gasteiger partial charge in [-0.05, 0) is 46.3 Å². The summed E-state index contributed by atoms with van der Waals surface area (Å²) in [7, 11) is 1.56. The highest BCUT2D eigenvalue weighted by molar-refractivity contribution is 9.10. The number of benzene rings is 1. The number of hydrogen-bond donors (Lipinski definition) is 2. The zero-order valence-corrected chi connectivity index (χ0v) is 11.8. The van der Waals surface area contributed by atoms with E-state index in [1.807, 2.05) is 0 Å². The molecule has 0 atom stereocenters. The van der Waals surface area contributed by atoms with E-state index in [1.54, 1.807) is 43.6 Å². The second-order valence-corrected chi connectivity index (χ2v) is 4.60. The number of carbonyl (C=O) groups is 1. The number of nitrogen functional groups attached to an aromatic ring is 1. The zero-order chi connectivity index (χ0) is 13.8. The highest BCUT2D eigenvalue weighted by atomic mass is 79.9. The maximum absolute atomic E-state index is 12.0. The predicted octanol–water partition coefficient (Wildman–Crippen LogP) is 2.69. The lowest BCUT2D eigenvalue weighted by Gasteiger charge is -2.08. The molecule has 0 bridgehead atoms. The van der Waals surface area contributed by atoms with Crippen LogP contribution in [-0.2, 0) is 0 Å². The first kappa shape index (κ1) is 13.4. The molecule has 2 rings (SSSR count). The van der Waals surface area contributed by atoms with E-state index in [0.717, 1.165) is 0 Å². The first-order chi connectivity index (χ1) is 9.11. The monoisotopic (exact) mass is 321 g/mol. The first-order valence-electron chi connectivity index (χ1n) is 5.47. The molecule has 0 aliphatic carbocycles. The van der Waals surface area contributed by atoms with Gasteiger partial charge in [0.1, 0.15) is 5.75 Å². The summed E-state index contributed by atoms with van der Waals surface area (Å²) in [6, 6.07) is 8.42. The van der Waals surface area contributed by atoms with Crippen molar-refractivity contribution in [2.75, 3.05) is 18.2 Å². The number of aromatic nitrogens is 1. The van der Waals surface area contributed by atoms with Crippen LogP contribution in [0.3, 0.4) is 0 Å². The fourth-order valence-electron chi connectivity index (χ4n) is 1.51. The fourth-order valence-corrected chi connectivity index (χ4v) is 2.05. The van der Waals surface area contributed by atoms with E-state index >= 15 is 0 Å². The van der Waals surface area contributed by atoms with Crippen LogP contribution in [0, 0.1) is 0 Å². The minimum absolute atomic E-state index is 0.284. The Morgan fingerprint density at radius 3 is 2.84 bits per heavy atom. The van der Waals surface area contributed by atoms with Gasteiger partial charge in [-0.2, -0.15) is 0 Å². The molecule has 6 heteroatoms. The van der Waals surface area contributed by atoms with E-state index < -0.39 is 0 Å². The van der Waals surface area contributed by atoms with Crippen molar-refractivity contribution in [3.8, 4) is 5.75 Å². The number of nitrogens with zero attached hydrogens (tertiary/aromatic N) is 1. The molecule has 0 aliphatic rings. The van der Waals surface area contributed by atoms with Gasteiger partial charge < -0.3 is 15.8 Å². The van der Waals surface area contributed by atoms with Gasteiger partial charge in [-0.3, -0.25) is 4.79 Å². The third kappa shape index (κ3) is 3.03. The summed E-state index contributed by atoms with van der Waals surface area (Å²) in [5.74, 6) is 0.724. The van der Waals surface area contributed by atoms with Crippen LogP contribution in [0.2, 0.25) is 0 Å². The fraction of sp³-hybridized carbons (Fsp3) is 0.0769. The average Bonchev–Trinajstić information content (AvgIpc) is 2.41. The summed E-state index contributed by atoms with van der Waals surface area (Å²) in [5, 5.41) is 2.65. The molecule has 2 aromatic rings. The van der Waals surface area contributed by atoms with Gasteiger partial charge in [0.2, 0.25) is 0 Å². The molecule has 1 heterocycles. The van der Waals surface area contributed by atoms with Gasteiger partial charge in [-0.1, -0.05) is 0 Å². The number of ether oxygens (including phenoxy) is 1. The summed E-state index contributed by atoms with van der Waals surface area (Å²) in [6.07, 6.45) is 1.57. The van der Waals surface area contributed by atoms with Gasteiger partial charge in [0.05, 0.1) is 17.3 Å². The Balaban J connectivity index is 2.21. The molecule has 98 valence electrons. The molecule has 0 unspecified atom stereocenters. The van der Waals surface area contributed by atoms with Gasteiger partial charge in [0.25, 0.3) is 5.91 Å². The van der Waals surface area contributed by atoms with Crippen LogP contribution in [0.4, 0.5) is 11.5 Å². The summed E-state index contributed by atoms with van der Waals surface area (Å²) < 4.78 is 5.81. The Labute approximate surface area is 118 Å². The summed E-state index contributed by atoms with van der Waals surface area (Å²) in [6.45, 7) is 0. The van der Waals surface area contributed by atoms with E-state index in [2.05, 4.69) is 26.2 Å². The highest BCUT2D eigenvalue weighted by Gasteiger charge is 2.10. The maximum Gasteiger partial charge on any atom is 0.256 e. The van der Waals surface area contributed by atoms with Crippen LogP contribution in [-0.4, -0.2) is 18.0 Å². The quantitative estimate of drug-likeness (QED) is 0.911. The molecule has 1 aromatic carbocycles. The zero-order valence-electron chi connectivity index (χ0n) is 10.2. The summed E-state index contributed by atoms with van der Waals surface area (Å²) in [4.78, 5) is 16.1. The second-order valence-electron chi connectivity index (χ2n) is 3.74. The normalized spacial score (nSPS) is 10.0. The largest absolute Gasteiger partial charge is 0.496 e. The Morgan fingerprint density at radius 1 is 1.42 bits per heavy atom. The van der Waals surface area contributed by atoms with Crippen molar-refractivity contribution in [2.24, 2.45) is 0 Å². The van der Waals surface area contributed by atoms with E-state index in [9.17, 15) is 4.79 Å². The lowest BCUT2D eigenvalue weighted by molar-refractivity contribution is 0.102. The first-order valence-corrected chi connectivity index (χ1v) is 6.26. The Kier molecular flexibility index (Phi) is 4.01. The third-order valence-corrected chi connectivity index (χ3v) is 3.10. The minimum atomic E-state index is -0.284. The van der Waals surface area contributed by atoms with Crippen LogP contribution in [0.1, 0.15) is 10.4 Å². The van der Waals surface area contributed by atoms with Crippen molar-refractivity contribution in [1.82, 2.24) is 4.98 Å². The lowest BCUT2D eigenvalue weighted by atomic mass is 10.2. The molecule has 0 spiro atoms. The molecule has 0 saturated carbocycles. The van der Waals surface area contributed by atoms with Gasteiger partial charge in [-0.25, -0.2) is 4.98 Å². The molecular weight excluding hydrogens is 310 g/mol. The van der Waals surface area contributed by atoms with Crippen molar-refractivity contribution in [2.45, 2.75) is 0 Å². The molecule has 1 aromatic heterocycles. The third-order valence-electron chi connectivity index (χ3n) is 2.48. The number of pyridine rings is 1. The Hall–Kier alpha value is -2.08. The van der Waals surface area contributed by atoms with Crippen LogP contribution in [0.25, 0.3) is 0 Å². The topological polar surface area (TPSA) is 77.2 Å². The van der Waals surface area contributed by atoms with E-state index in [0.29, 0.717) is 27.3 Å².